The van der Waals surface area contributed by atoms with Gasteiger partial charge in [0.05, 0.1) is 0 Å². The van der Waals surface area contributed by atoms with Crippen molar-refractivity contribution < 1.29 is 26.3 Å². The molecule has 0 aromatic rings. The highest BCUT2D eigenvalue weighted by Gasteiger charge is 2.61. The fraction of sp³-hybridized carbons (Fsp3) is 0.500. The summed E-state index contributed by atoms with van der Waals surface area (Å²) in [5, 5.41) is 0. The first-order valence-corrected chi connectivity index (χ1v) is 2.58. The Hall–Kier alpha value is -0.390. The summed E-state index contributed by atoms with van der Waals surface area (Å²) in [6.07, 6.45) is -5.94. The van der Waals surface area contributed by atoms with E-state index in [2.05, 4.69) is 11.6 Å². The molecule has 7 heteroatoms. The van der Waals surface area contributed by atoms with Crippen LogP contribution in [0.15, 0.2) is 11.4 Å². The van der Waals surface area contributed by atoms with Gasteiger partial charge in [-0.25, -0.2) is 4.39 Å². The van der Waals surface area contributed by atoms with Crippen molar-refractivity contribution in [2.24, 2.45) is 0 Å². The van der Waals surface area contributed by atoms with E-state index in [-0.39, 0.29) is 0 Å². The molecule has 0 saturated heterocycles. The van der Waals surface area contributed by atoms with Gasteiger partial charge >= 0.3 is 12.1 Å². The van der Waals surface area contributed by atoms with E-state index in [1.54, 1.807) is 0 Å². The van der Waals surface area contributed by atoms with Crippen LogP contribution in [-0.4, -0.2) is 12.1 Å². The van der Waals surface area contributed by atoms with Gasteiger partial charge in [-0.15, -0.1) is 0 Å². The average Bonchev–Trinajstić information content (AvgIpc) is 1.83. The molecule has 0 aliphatic rings. The molecule has 0 N–H and O–H groups in total. The first-order chi connectivity index (χ1) is 4.73. The maximum atomic E-state index is 11.7. The minimum absolute atomic E-state index is 0.451. The Morgan fingerprint density at radius 3 is 1.55 bits per heavy atom. The topological polar surface area (TPSA) is 0 Å². The van der Waals surface area contributed by atoms with Crippen molar-refractivity contribution in [2.45, 2.75) is 12.1 Å². The molecule has 66 valence electrons. The summed E-state index contributed by atoms with van der Waals surface area (Å²) in [5.74, 6) is -8.21. The maximum absolute atomic E-state index is 11.7. The number of halogens is 7. The van der Waals surface area contributed by atoms with E-state index >= 15 is 0 Å². The third kappa shape index (κ3) is 2.02. The lowest BCUT2D eigenvalue weighted by atomic mass is 10.3. The van der Waals surface area contributed by atoms with Gasteiger partial charge in [0.1, 0.15) is 0 Å². The van der Waals surface area contributed by atoms with Crippen molar-refractivity contribution in [3.05, 3.63) is 11.4 Å². The highest BCUT2D eigenvalue weighted by molar-refractivity contribution is 6.25. The van der Waals surface area contributed by atoms with Crippen LogP contribution in [0.3, 0.4) is 0 Å². The van der Waals surface area contributed by atoms with E-state index in [9.17, 15) is 26.3 Å². The lowest BCUT2D eigenvalue weighted by molar-refractivity contribution is -0.270. The van der Waals surface area contributed by atoms with E-state index < -0.39 is 23.5 Å². The van der Waals surface area contributed by atoms with Gasteiger partial charge in [0.15, 0.2) is 5.83 Å². The van der Waals surface area contributed by atoms with Crippen LogP contribution in [-0.2, 0) is 0 Å². The molecule has 0 aromatic carbocycles. The summed E-state index contributed by atoms with van der Waals surface area (Å²) in [5.41, 5.74) is -0.451. The molecule has 0 radical (unpaired) electrons. The van der Waals surface area contributed by atoms with Crippen LogP contribution in [0.4, 0.5) is 26.3 Å². The minimum Gasteiger partial charge on any atom is -0.204 e. The maximum Gasteiger partial charge on any atom is 0.460 e. The van der Waals surface area contributed by atoms with Crippen molar-refractivity contribution in [2.75, 3.05) is 0 Å². The van der Waals surface area contributed by atoms with E-state index in [1.165, 1.54) is 0 Å². The molecular weight excluding hydrogens is 197 g/mol. The smallest absolute Gasteiger partial charge is 0.204 e. The fourth-order valence-electron chi connectivity index (χ4n) is 0.204. The molecule has 0 rings (SSSR count). The average molecular weight is 198 g/mol. The molecule has 0 aliphatic heterocycles. The summed E-state index contributed by atoms with van der Waals surface area (Å²) in [4.78, 5) is 0. The van der Waals surface area contributed by atoms with Gasteiger partial charge in [-0.05, 0) is 0 Å². The second-order valence-electron chi connectivity index (χ2n) is 1.53. The predicted octanol–water partition coefficient (Wildman–Crippen LogP) is 3.23. The standard InChI is InChI=1S/C4HClF6/c5-1-2(6)3(7,8)4(9,10)11/h1H/b2-1-. The predicted molar refractivity (Wildman–Crippen MR) is 26.0 cm³/mol. The number of alkyl halides is 5. The van der Waals surface area contributed by atoms with Crippen LogP contribution in [0.2, 0.25) is 0 Å². The van der Waals surface area contributed by atoms with E-state index in [0.29, 0.717) is 0 Å². The Balaban J connectivity index is 4.74. The number of allylic oxidation sites excluding steroid dienone is 1. The Morgan fingerprint density at radius 2 is 1.45 bits per heavy atom. The molecule has 0 aliphatic carbocycles. The van der Waals surface area contributed by atoms with Crippen LogP contribution in [0.25, 0.3) is 0 Å². The van der Waals surface area contributed by atoms with Crippen molar-refractivity contribution in [3.63, 3.8) is 0 Å². The van der Waals surface area contributed by atoms with Gasteiger partial charge in [0.2, 0.25) is 0 Å². The Bertz CT molecular complexity index is 168. The molecule has 0 amide bonds. The molecular formula is C4HClF6. The van der Waals surface area contributed by atoms with Gasteiger partial charge < -0.3 is 0 Å². The summed E-state index contributed by atoms with van der Waals surface area (Å²) in [6, 6.07) is 0. The first-order valence-electron chi connectivity index (χ1n) is 2.14. The summed E-state index contributed by atoms with van der Waals surface area (Å²) >= 11 is 4.33. The zero-order valence-corrected chi connectivity index (χ0v) is 5.48. The Morgan fingerprint density at radius 1 is 1.09 bits per heavy atom. The fourth-order valence-corrected chi connectivity index (χ4v) is 0.341. The Kier molecular flexibility index (Phi) is 2.82. The van der Waals surface area contributed by atoms with Crippen molar-refractivity contribution in [1.29, 1.82) is 0 Å². The normalized spacial score (nSPS) is 15.4. The monoisotopic (exact) mass is 198 g/mol. The van der Waals surface area contributed by atoms with Crippen molar-refractivity contribution >= 4 is 11.6 Å². The van der Waals surface area contributed by atoms with E-state index in [4.69, 9.17) is 0 Å². The van der Waals surface area contributed by atoms with Gasteiger partial charge in [-0.2, -0.15) is 22.0 Å². The lowest BCUT2D eigenvalue weighted by Gasteiger charge is -2.16. The second-order valence-corrected chi connectivity index (χ2v) is 1.75. The molecule has 0 bridgehead atoms. The van der Waals surface area contributed by atoms with Gasteiger partial charge in [0, 0.05) is 5.54 Å². The molecule has 0 spiro atoms. The molecule has 0 fully saturated rings. The molecule has 11 heavy (non-hydrogen) atoms. The molecule has 0 heterocycles. The van der Waals surface area contributed by atoms with Crippen molar-refractivity contribution in [1.82, 2.24) is 0 Å². The number of hydrogen-bond acceptors (Lipinski definition) is 0. The third-order valence-corrected chi connectivity index (χ3v) is 0.943. The quantitative estimate of drug-likeness (QED) is 0.568. The zero-order chi connectivity index (χ0) is 9.28. The van der Waals surface area contributed by atoms with Crippen LogP contribution < -0.4 is 0 Å². The van der Waals surface area contributed by atoms with Gasteiger partial charge in [-0.1, -0.05) is 11.6 Å². The highest BCUT2D eigenvalue weighted by Crippen LogP contribution is 2.41. The number of hydrogen-bond donors (Lipinski definition) is 0. The van der Waals surface area contributed by atoms with E-state index in [1.807, 2.05) is 0 Å². The molecule has 0 unspecified atom stereocenters. The van der Waals surface area contributed by atoms with Gasteiger partial charge in [-0.3, -0.25) is 0 Å². The summed E-state index contributed by atoms with van der Waals surface area (Å²) in [6.45, 7) is 0. The van der Waals surface area contributed by atoms with Crippen LogP contribution in [0.5, 0.6) is 0 Å². The molecule has 0 saturated carbocycles. The highest BCUT2D eigenvalue weighted by atomic mass is 35.5. The molecule has 0 atom stereocenters. The Labute approximate surface area is 62.4 Å². The first kappa shape index (κ1) is 10.6. The minimum atomic E-state index is -5.94. The molecule has 0 nitrogen and oxygen atoms in total. The largest absolute Gasteiger partial charge is 0.460 e. The zero-order valence-electron chi connectivity index (χ0n) is 4.72. The molecule has 0 aromatic heterocycles. The third-order valence-electron chi connectivity index (χ3n) is 0.752. The number of rotatable bonds is 1. The van der Waals surface area contributed by atoms with Crippen LogP contribution in [0.1, 0.15) is 0 Å². The summed E-state index contributed by atoms with van der Waals surface area (Å²) in [7, 11) is 0. The van der Waals surface area contributed by atoms with Gasteiger partial charge in [0.25, 0.3) is 0 Å². The lowest BCUT2D eigenvalue weighted by Crippen LogP contribution is -2.36. The SMILES string of the molecule is F/C(=C\Cl)C(F)(F)C(F)(F)F. The second kappa shape index (κ2) is 2.92. The van der Waals surface area contributed by atoms with Crippen LogP contribution in [0, 0.1) is 0 Å². The van der Waals surface area contributed by atoms with Crippen LogP contribution >= 0.6 is 11.6 Å². The summed E-state index contributed by atoms with van der Waals surface area (Å²) < 4.78 is 68.6. The van der Waals surface area contributed by atoms with Crippen molar-refractivity contribution in [3.8, 4) is 0 Å². The van der Waals surface area contributed by atoms with E-state index in [0.717, 1.165) is 0 Å².